The van der Waals surface area contributed by atoms with Crippen LogP contribution in [-0.2, 0) is 4.62 Å². The van der Waals surface area contributed by atoms with Crippen LogP contribution in [-0.4, -0.2) is 0 Å². The fourth-order valence-electron chi connectivity index (χ4n) is 0.0309. The van der Waals surface area contributed by atoms with Gasteiger partial charge in [-0.3, -0.25) is 0 Å². The molecule has 0 atom stereocenters. The van der Waals surface area contributed by atoms with Gasteiger partial charge in [0.25, 0.3) is 0 Å². The van der Waals surface area contributed by atoms with Crippen LogP contribution in [0.1, 0.15) is 0 Å². The van der Waals surface area contributed by atoms with Gasteiger partial charge in [0.1, 0.15) is 0 Å². The molecule has 1 heterocycles. The first-order valence-electron chi connectivity index (χ1n) is 0.948. The number of hydrogen-bond donors (Lipinski definition) is 1. The Labute approximate surface area is 27.8 Å². The van der Waals surface area contributed by atoms with E-state index in [9.17, 15) is 8.39 Å². The zero-order valence-electron chi connectivity index (χ0n) is 2.11. The van der Waals surface area contributed by atoms with Crippen LogP contribution in [0.5, 0.6) is 0 Å². The lowest BCUT2D eigenvalue weighted by Gasteiger charge is -1.47. The van der Waals surface area contributed by atoms with Crippen molar-refractivity contribution in [2.24, 2.45) is 0 Å². The molecule has 0 spiro atoms. The molecule has 0 amide bonds. The van der Waals surface area contributed by atoms with Gasteiger partial charge in [0.2, 0.25) is 0 Å². The highest BCUT2D eigenvalue weighted by atomic mass is 31.3. The molecule has 5 heteroatoms. The highest BCUT2D eigenvalue weighted by molar-refractivity contribution is 7.63. The molecule has 0 unspecified atom stereocenters. The van der Waals surface area contributed by atoms with Crippen molar-refractivity contribution >= 4 is 8.26 Å². The Morgan fingerprint density at radius 1 is 1.60 bits per heavy atom. The van der Waals surface area contributed by atoms with Crippen molar-refractivity contribution in [3.05, 3.63) is 0 Å². The molecule has 0 saturated carbocycles. The van der Waals surface area contributed by atoms with Crippen LogP contribution < -0.4 is 5.25 Å². The van der Waals surface area contributed by atoms with E-state index in [4.69, 9.17) is 0 Å². The maximum absolute atomic E-state index is 10.9. The molecule has 5 heavy (non-hydrogen) atoms. The van der Waals surface area contributed by atoms with E-state index in [0.717, 1.165) is 0 Å². The van der Waals surface area contributed by atoms with Gasteiger partial charge in [-0.2, -0.15) is 0 Å². The van der Waals surface area contributed by atoms with E-state index in [1.165, 1.54) is 5.25 Å². The lowest BCUT2D eigenvalue weighted by molar-refractivity contribution is 0.445. The number of nitrogens with one attached hydrogen (secondary N) is 1. The monoisotopic (exact) mass is 100.0 g/mol. The van der Waals surface area contributed by atoms with Crippen molar-refractivity contribution in [3.8, 4) is 0 Å². The quantitative estimate of drug-likeness (QED) is 0.365. The molecular weight excluding hydrogens is 99.0 g/mol. The molecule has 0 aromatic rings. The minimum Gasteiger partial charge on any atom is -0.0146 e. The second-order valence-electron chi connectivity index (χ2n) is 0.645. The number of hydrogen-bond acceptors (Lipinski definition) is 2. The molecule has 0 aromatic carbocycles. The van der Waals surface area contributed by atoms with E-state index in [1.807, 2.05) is 0 Å². The molecule has 1 aliphatic rings. The molecule has 1 rings (SSSR count). The summed E-state index contributed by atoms with van der Waals surface area (Å²) in [6.07, 6.45) is 0. The van der Waals surface area contributed by atoms with Crippen LogP contribution in [0.15, 0.2) is 0 Å². The first-order valence-corrected chi connectivity index (χ1v) is 2.44. The summed E-state index contributed by atoms with van der Waals surface area (Å²) in [5.41, 5.74) is 0. The molecular formula is HF2NOP+. The first-order chi connectivity index (χ1) is 2.21. The Balaban J connectivity index is 2.38. The normalized spacial score (nSPS) is 30.0. The minimum absolute atomic E-state index is 1.45. The maximum Gasteiger partial charge on any atom is 0.648 e. The molecule has 0 bridgehead atoms. The topological polar surface area (TPSA) is 34.5 Å². The van der Waals surface area contributed by atoms with Gasteiger partial charge in [-0.25, -0.2) is 0 Å². The largest absolute Gasteiger partial charge is 0.648 e. The summed E-state index contributed by atoms with van der Waals surface area (Å²) < 4.78 is 25.2. The summed E-state index contributed by atoms with van der Waals surface area (Å²) >= 11 is 0. The Morgan fingerprint density at radius 3 is 1.80 bits per heavy atom. The summed E-state index contributed by atoms with van der Waals surface area (Å²) in [6.45, 7) is 0. The predicted molar refractivity (Wildman–Crippen MR) is 13.4 cm³/mol. The van der Waals surface area contributed by atoms with E-state index >= 15 is 0 Å². The van der Waals surface area contributed by atoms with Crippen LogP contribution in [0.3, 0.4) is 0 Å². The van der Waals surface area contributed by atoms with Crippen molar-refractivity contribution in [1.29, 1.82) is 0 Å². The molecule has 1 aliphatic heterocycles. The van der Waals surface area contributed by atoms with Gasteiger partial charge in [0.15, 0.2) is 0 Å². The zero-order chi connectivity index (χ0) is 3.91. The summed E-state index contributed by atoms with van der Waals surface area (Å²) in [4.78, 5) is 0. The molecule has 0 aromatic heterocycles. The van der Waals surface area contributed by atoms with Crippen molar-refractivity contribution in [1.82, 2.24) is 5.25 Å². The van der Waals surface area contributed by atoms with E-state index < -0.39 is 8.26 Å². The molecule has 2 nitrogen and oxygen atoms in total. The summed E-state index contributed by atoms with van der Waals surface area (Å²) in [6, 6.07) is 0. The van der Waals surface area contributed by atoms with Crippen LogP contribution in [0.4, 0.5) is 8.39 Å². The van der Waals surface area contributed by atoms with E-state index in [1.54, 1.807) is 0 Å². The molecule has 30 valence electrons. The maximum atomic E-state index is 10.9. The minimum atomic E-state index is -3.89. The van der Waals surface area contributed by atoms with Gasteiger partial charge in [-0.1, -0.05) is 0 Å². The predicted octanol–water partition coefficient (Wildman–Crippen LogP) is 1.14. The van der Waals surface area contributed by atoms with Gasteiger partial charge in [0, 0.05) is 8.39 Å². The summed E-state index contributed by atoms with van der Waals surface area (Å²) in [5, 5.41) is 1.45. The van der Waals surface area contributed by atoms with Gasteiger partial charge in [-0.05, 0) is 4.62 Å². The highest BCUT2D eigenvalue weighted by Crippen LogP contribution is 2.71. The average molecular weight is 100.0 g/mol. The van der Waals surface area contributed by atoms with Gasteiger partial charge in [-0.15, -0.1) is 0 Å². The number of halogens is 2. The lowest BCUT2D eigenvalue weighted by atomic mass is 13.6. The van der Waals surface area contributed by atoms with Crippen molar-refractivity contribution in [2.45, 2.75) is 0 Å². The smallest absolute Gasteiger partial charge is 0.0146 e. The van der Waals surface area contributed by atoms with Gasteiger partial charge in [0.05, 0.1) is 5.25 Å². The van der Waals surface area contributed by atoms with Crippen molar-refractivity contribution < 1.29 is 13.0 Å². The Hall–Kier alpha value is 0.210. The van der Waals surface area contributed by atoms with Crippen LogP contribution in [0.25, 0.3) is 0 Å². The van der Waals surface area contributed by atoms with E-state index in [0.29, 0.717) is 0 Å². The third kappa shape index (κ3) is 0.758. The van der Waals surface area contributed by atoms with Crippen molar-refractivity contribution in [3.63, 3.8) is 0 Å². The third-order valence-corrected chi connectivity index (χ3v) is 0.688. The lowest BCUT2D eigenvalue weighted by Crippen LogP contribution is -1.54. The van der Waals surface area contributed by atoms with Crippen LogP contribution >= 0.6 is 8.26 Å². The second-order valence-corrected chi connectivity index (χ2v) is 1.93. The molecule has 1 N–H and O–H groups in total. The fraction of sp³-hybridized carbons (Fsp3) is 0. The Bertz CT molecular complexity index is 47.6. The number of rotatable bonds is 0. The third-order valence-electron chi connectivity index (χ3n) is 0.229. The summed E-state index contributed by atoms with van der Waals surface area (Å²) in [5.74, 6) is 0. The standard InChI is InChI=1S/F2HNOP/c1-5(2)3-4-5/h3H/q+1. The highest BCUT2D eigenvalue weighted by Gasteiger charge is 2.65. The first kappa shape index (κ1) is 3.40. The molecule has 1 fully saturated rings. The van der Waals surface area contributed by atoms with Crippen LogP contribution in [0, 0.1) is 0 Å². The molecule has 1 saturated heterocycles. The van der Waals surface area contributed by atoms with E-state index in [-0.39, 0.29) is 0 Å². The zero-order valence-corrected chi connectivity index (χ0v) is 3.01. The van der Waals surface area contributed by atoms with E-state index in [2.05, 4.69) is 4.62 Å². The average Bonchev–Trinajstić information content (AvgIpc) is 1.76. The fourth-order valence-corrected chi connectivity index (χ4v) is 0.278. The van der Waals surface area contributed by atoms with Gasteiger partial charge < -0.3 is 0 Å². The SMILES string of the molecule is F[P+]1(F)NO1. The Morgan fingerprint density at radius 2 is 1.80 bits per heavy atom. The van der Waals surface area contributed by atoms with Crippen LogP contribution in [0.2, 0.25) is 0 Å². The van der Waals surface area contributed by atoms with Gasteiger partial charge >= 0.3 is 8.26 Å². The Kier molecular flexibility index (Phi) is 0.438. The summed E-state index contributed by atoms with van der Waals surface area (Å²) in [7, 11) is -3.89. The molecule has 0 aliphatic carbocycles. The molecule has 0 radical (unpaired) electrons. The van der Waals surface area contributed by atoms with Crippen molar-refractivity contribution in [2.75, 3.05) is 0 Å². The second kappa shape index (κ2) is 0.644.